The average Bonchev–Trinajstić information content (AvgIpc) is 3.27. The lowest BCUT2D eigenvalue weighted by Crippen LogP contribution is -2.70. The molecule has 8 nitrogen and oxygen atoms in total. The van der Waals surface area contributed by atoms with E-state index in [1.54, 1.807) is 4.68 Å². The number of carbonyl (C=O) groups is 2. The minimum Gasteiger partial charge on any atom is -0.484 e. The van der Waals surface area contributed by atoms with Crippen LogP contribution in [0, 0.1) is 5.82 Å². The zero-order valence-electron chi connectivity index (χ0n) is 22.0. The first-order valence-electron chi connectivity index (χ1n) is 13.2. The lowest BCUT2D eigenvalue weighted by Gasteiger charge is -2.56. The maximum absolute atomic E-state index is 13.6. The summed E-state index contributed by atoms with van der Waals surface area (Å²) in [4.78, 5) is 26.2. The Hall–Kier alpha value is -3.43. The van der Waals surface area contributed by atoms with E-state index in [-0.39, 0.29) is 23.3 Å². The van der Waals surface area contributed by atoms with Crippen molar-refractivity contribution < 1.29 is 23.8 Å². The molecule has 1 aromatic heterocycles. The van der Waals surface area contributed by atoms with Crippen LogP contribution >= 0.6 is 11.6 Å². The molecule has 2 bridgehead atoms. The van der Waals surface area contributed by atoms with Crippen LogP contribution in [0.1, 0.15) is 55.1 Å². The molecule has 10 heteroatoms. The molecule has 0 spiro atoms. The van der Waals surface area contributed by atoms with Gasteiger partial charge in [-0.15, -0.1) is 0 Å². The quantitative estimate of drug-likeness (QED) is 0.387. The Morgan fingerprint density at radius 2 is 1.87 bits per heavy atom. The molecular formula is C29H32ClFN4O4. The molecule has 0 saturated heterocycles. The fourth-order valence-electron chi connectivity index (χ4n) is 6.03. The van der Waals surface area contributed by atoms with Gasteiger partial charge in [0.1, 0.15) is 11.6 Å². The van der Waals surface area contributed by atoms with Crippen molar-refractivity contribution in [3.05, 3.63) is 70.6 Å². The number of rotatable bonds is 8. The molecule has 3 aromatic rings. The van der Waals surface area contributed by atoms with Gasteiger partial charge in [-0.3, -0.25) is 14.3 Å². The van der Waals surface area contributed by atoms with Crippen LogP contribution in [0.3, 0.4) is 0 Å². The molecule has 6 rings (SSSR count). The highest BCUT2D eigenvalue weighted by molar-refractivity contribution is 6.30. The van der Waals surface area contributed by atoms with Gasteiger partial charge in [-0.25, -0.2) is 4.39 Å². The molecule has 0 radical (unpaired) electrons. The van der Waals surface area contributed by atoms with Gasteiger partial charge in [0.2, 0.25) is 0 Å². The number of amides is 2. The maximum atomic E-state index is 13.6. The number of halogens is 2. The van der Waals surface area contributed by atoms with Gasteiger partial charge < -0.3 is 20.5 Å². The first kappa shape index (κ1) is 27.1. The van der Waals surface area contributed by atoms with Gasteiger partial charge in [-0.2, -0.15) is 5.10 Å². The summed E-state index contributed by atoms with van der Waals surface area (Å²) in [5.41, 5.74) is 1.83. The summed E-state index contributed by atoms with van der Waals surface area (Å²) in [5.74, 6) is -1.10. The van der Waals surface area contributed by atoms with Crippen LogP contribution in [0.4, 0.5) is 4.39 Å². The molecule has 3 aliphatic carbocycles. The Morgan fingerprint density at radius 1 is 1.15 bits per heavy atom. The summed E-state index contributed by atoms with van der Waals surface area (Å²) in [6.07, 6.45) is 2.37. The first-order valence-corrected chi connectivity index (χ1v) is 13.5. The summed E-state index contributed by atoms with van der Waals surface area (Å²) >= 11 is 5.69. The molecule has 39 heavy (non-hydrogen) atoms. The topological polar surface area (TPSA) is 105 Å². The summed E-state index contributed by atoms with van der Waals surface area (Å²) < 4.78 is 20.8. The number of nitrogens with one attached hydrogen (secondary N) is 2. The maximum Gasteiger partial charge on any atom is 0.272 e. The van der Waals surface area contributed by atoms with E-state index in [2.05, 4.69) is 15.7 Å². The van der Waals surface area contributed by atoms with Gasteiger partial charge in [0.15, 0.2) is 12.3 Å². The van der Waals surface area contributed by atoms with Crippen molar-refractivity contribution in [2.45, 2.75) is 62.6 Å². The molecule has 2 amide bonds. The van der Waals surface area contributed by atoms with Gasteiger partial charge in [0, 0.05) is 29.8 Å². The first-order chi connectivity index (χ1) is 18.7. The molecule has 0 aliphatic heterocycles. The van der Waals surface area contributed by atoms with Crippen LogP contribution in [0.2, 0.25) is 5.02 Å². The lowest BCUT2D eigenvalue weighted by atomic mass is 9.60. The Bertz CT molecular complexity index is 1390. The van der Waals surface area contributed by atoms with E-state index in [9.17, 15) is 19.1 Å². The van der Waals surface area contributed by atoms with Gasteiger partial charge in [0.25, 0.3) is 11.8 Å². The predicted octanol–water partition coefficient (Wildman–Crippen LogP) is 4.18. The average molecular weight is 555 g/mol. The largest absolute Gasteiger partial charge is 0.484 e. The highest BCUT2D eigenvalue weighted by Crippen LogP contribution is 2.47. The van der Waals surface area contributed by atoms with Crippen molar-refractivity contribution in [3.63, 3.8) is 0 Å². The van der Waals surface area contributed by atoms with Crippen molar-refractivity contribution in [2.24, 2.45) is 7.05 Å². The van der Waals surface area contributed by atoms with E-state index in [0.717, 1.165) is 22.9 Å². The number of ether oxygens (including phenoxy) is 1. The molecule has 3 fully saturated rings. The fraction of sp³-hybridized carbons (Fsp3) is 0.414. The number of benzene rings is 2. The monoisotopic (exact) mass is 554 g/mol. The van der Waals surface area contributed by atoms with Gasteiger partial charge in [-0.05, 0) is 50.7 Å². The zero-order valence-corrected chi connectivity index (χ0v) is 22.7. The van der Waals surface area contributed by atoms with E-state index in [0.29, 0.717) is 44.2 Å². The van der Waals surface area contributed by atoms with Gasteiger partial charge >= 0.3 is 0 Å². The highest BCUT2D eigenvalue weighted by Gasteiger charge is 2.55. The Morgan fingerprint density at radius 3 is 2.51 bits per heavy atom. The predicted molar refractivity (Wildman–Crippen MR) is 145 cm³/mol. The lowest BCUT2D eigenvalue weighted by molar-refractivity contribution is -0.132. The van der Waals surface area contributed by atoms with E-state index in [4.69, 9.17) is 16.3 Å². The molecule has 3 N–H and O–H groups in total. The van der Waals surface area contributed by atoms with E-state index >= 15 is 0 Å². The van der Waals surface area contributed by atoms with Crippen LogP contribution < -0.4 is 15.4 Å². The molecular weight excluding hydrogens is 523 g/mol. The molecule has 3 aliphatic rings. The minimum atomic E-state index is -0.841. The molecule has 1 atom stereocenters. The Kier molecular flexibility index (Phi) is 7.39. The summed E-state index contributed by atoms with van der Waals surface area (Å²) in [7, 11) is 1.84. The van der Waals surface area contributed by atoms with E-state index in [1.807, 2.05) is 44.3 Å². The zero-order chi connectivity index (χ0) is 27.8. The van der Waals surface area contributed by atoms with Crippen LogP contribution in [-0.4, -0.2) is 50.5 Å². The normalized spacial score (nSPS) is 23.9. The third-order valence-electron chi connectivity index (χ3n) is 8.11. The van der Waals surface area contributed by atoms with E-state index < -0.39 is 28.9 Å². The number of fused-ring (bicyclic) bond motifs is 3. The number of aliphatic hydroxyl groups excluding tert-OH is 1. The van der Waals surface area contributed by atoms with Gasteiger partial charge in [0.05, 0.1) is 22.4 Å². The van der Waals surface area contributed by atoms with Crippen molar-refractivity contribution in [1.82, 2.24) is 20.4 Å². The summed E-state index contributed by atoms with van der Waals surface area (Å²) in [5, 5.41) is 21.8. The number of aliphatic hydroxyl groups is 1. The number of aromatic nitrogens is 2. The number of hydrogen-bond acceptors (Lipinski definition) is 5. The standard InChI is InChI=1S/C29H32ClFN4O4/c1-3-20-25(34-35(2)26(20)18-7-5-4-6-8-18)27(38)33-28-11-13-29(14-12-28,23(36)16-28)32-24(37)17-39-19-9-10-21(30)22(31)15-19/h4-10,15,23,36H,3,11-14,16-17H2,1-2H3,(H,32,37)(H,33,38)/t23-,28?,29?/m0/s1. The molecule has 0 unspecified atom stereocenters. The van der Waals surface area contributed by atoms with Crippen molar-refractivity contribution in [3.8, 4) is 17.0 Å². The van der Waals surface area contributed by atoms with Crippen molar-refractivity contribution in [1.29, 1.82) is 0 Å². The van der Waals surface area contributed by atoms with Crippen LogP contribution in [0.25, 0.3) is 11.3 Å². The van der Waals surface area contributed by atoms with Crippen LogP contribution in [0.15, 0.2) is 48.5 Å². The molecule has 3 saturated carbocycles. The molecule has 2 aromatic carbocycles. The van der Waals surface area contributed by atoms with E-state index in [1.165, 1.54) is 12.1 Å². The Balaban J connectivity index is 1.24. The minimum absolute atomic E-state index is 0.0283. The fourth-order valence-corrected chi connectivity index (χ4v) is 6.15. The van der Waals surface area contributed by atoms with Gasteiger partial charge in [-0.1, -0.05) is 48.9 Å². The smallest absolute Gasteiger partial charge is 0.272 e. The van der Waals surface area contributed by atoms with Crippen LogP contribution in [-0.2, 0) is 18.3 Å². The third kappa shape index (κ3) is 5.25. The second-order valence-corrected chi connectivity index (χ2v) is 10.9. The second kappa shape index (κ2) is 10.6. The SMILES string of the molecule is CCc1c(C(=O)NC23CCC(NC(=O)COc4ccc(Cl)c(F)c4)(CC2)[C@@H](O)C3)nn(C)c1-c1ccccc1. The molecule has 1 heterocycles. The Labute approximate surface area is 231 Å². The third-order valence-corrected chi connectivity index (χ3v) is 8.42. The van der Waals surface area contributed by atoms with Crippen LogP contribution in [0.5, 0.6) is 5.75 Å². The van der Waals surface area contributed by atoms with Crippen molar-refractivity contribution in [2.75, 3.05) is 6.61 Å². The highest BCUT2D eigenvalue weighted by atomic mass is 35.5. The summed E-state index contributed by atoms with van der Waals surface area (Å²) in [6.45, 7) is 1.69. The number of hydrogen-bond donors (Lipinski definition) is 3. The number of aryl methyl sites for hydroxylation is 1. The number of carbonyl (C=O) groups excluding carboxylic acids is 2. The van der Waals surface area contributed by atoms with Crippen molar-refractivity contribution >= 4 is 23.4 Å². The second-order valence-electron chi connectivity index (χ2n) is 10.5. The summed E-state index contributed by atoms with van der Waals surface area (Å²) in [6, 6.07) is 13.8. The number of nitrogens with zero attached hydrogens (tertiary/aromatic N) is 2. The molecule has 206 valence electrons.